The highest BCUT2D eigenvalue weighted by Crippen LogP contribution is 2.33. The monoisotopic (exact) mass is 346 g/mol. The molecule has 1 aliphatic heterocycles. The van der Waals surface area contributed by atoms with Crippen molar-refractivity contribution in [3.63, 3.8) is 0 Å². The Bertz CT molecular complexity index is 722. The van der Waals surface area contributed by atoms with Crippen molar-refractivity contribution in [3.05, 3.63) is 63.6 Å². The molecule has 20 heavy (non-hydrogen) atoms. The van der Waals surface area contributed by atoms with Gasteiger partial charge in [0.1, 0.15) is 5.75 Å². The van der Waals surface area contributed by atoms with Crippen LogP contribution in [0.25, 0.3) is 6.08 Å². The van der Waals surface area contributed by atoms with Gasteiger partial charge in [0.2, 0.25) is 0 Å². The van der Waals surface area contributed by atoms with E-state index in [0.717, 1.165) is 21.6 Å². The number of benzene rings is 2. The van der Waals surface area contributed by atoms with E-state index in [-0.39, 0.29) is 11.5 Å². The van der Waals surface area contributed by atoms with E-state index >= 15 is 0 Å². The fraction of sp³-hybridized carbons (Fsp3) is 0.0625. The van der Waals surface area contributed by atoms with Crippen molar-refractivity contribution in [2.75, 3.05) is 5.75 Å². The summed E-state index contributed by atoms with van der Waals surface area (Å²) in [5, 5.41) is 9.49. The summed E-state index contributed by atoms with van der Waals surface area (Å²) < 4.78 is 0.628. The lowest BCUT2D eigenvalue weighted by atomic mass is 10.0. The number of halogens is 1. The van der Waals surface area contributed by atoms with Crippen LogP contribution in [0, 0.1) is 0 Å². The zero-order chi connectivity index (χ0) is 14.1. The summed E-state index contributed by atoms with van der Waals surface area (Å²) in [4.78, 5) is 13.5. The number of hydrogen-bond donors (Lipinski definition) is 1. The lowest BCUT2D eigenvalue weighted by Gasteiger charge is -2.16. The van der Waals surface area contributed by atoms with Gasteiger partial charge in [0.25, 0.3) is 0 Å². The first kappa shape index (κ1) is 13.5. The summed E-state index contributed by atoms with van der Waals surface area (Å²) in [7, 11) is 0. The van der Waals surface area contributed by atoms with E-state index in [2.05, 4.69) is 15.9 Å². The highest BCUT2D eigenvalue weighted by atomic mass is 79.9. The molecule has 1 heterocycles. The van der Waals surface area contributed by atoms with Crippen LogP contribution >= 0.6 is 27.7 Å². The normalized spacial score (nSPS) is 16.2. The maximum atomic E-state index is 12.4. The Balaban J connectivity index is 1.97. The van der Waals surface area contributed by atoms with Gasteiger partial charge in [-0.05, 0) is 51.8 Å². The molecular weight excluding hydrogens is 336 g/mol. The first-order chi connectivity index (χ1) is 9.65. The van der Waals surface area contributed by atoms with Gasteiger partial charge in [0.15, 0.2) is 5.78 Å². The number of rotatable bonds is 1. The molecule has 0 fully saturated rings. The highest BCUT2D eigenvalue weighted by Gasteiger charge is 2.21. The van der Waals surface area contributed by atoms with Crippen LogP contribution in [0.3, 0.4) is 0 Å². The Morgan fingerprint density at radius 1 is 1.20 bits per heavy atom. The SMILES string of the molecule is O=C1/C(=C/c2ccc(O)c(Br)c2)CSc2ccccc21. The summed E-state index contributed by atoms with van der Waals surface area (Å²) in [5.41, 5.74) is 2.46. The van der Waals surface area contributed by atoms with Crippen LogP contribution in [0.15, 0.2) is 57.4 Å². The Morgan fingerprint density at radius 2 is 2.00 bits per heavy atom. The minimum absolute atomic E-state index is 0.0866. The van der Waals surface area contributed by atoms with Crippen molar-refractivity contribution < 1.29 is 9.90 Å². The average molecular weight is 347 g/mol. The van der Waals surface area contributed by atoms with Crippen molar-refractivity contribution >= 4 is 39.6 Å². The molecule has 0 radical (unpaired) electrons. The second-order valence-electron chi connectivity index (χ2n) is 4.49. The molecule has 0 saturated carbocycles. The molecule has 0 spiro atoms. The molecule has 0 atom stereocenters. The number of carbonyl (C=O) groups excluding carboxylic acids is 1. The largest absolute Gasteiger partial charge is 0.507 e. The second kappa shape index (κ2) is 5.46. The van der Waals surface area contributed by atoms with Gasteiger partial charge >= 0.3 is 0 Å². The minimum Gasteiger partial charge on any atom is -0.507 e. The van der Waals surface area contributed by atoms with E-state index in [1.807, 2.05) is 30.3 Å². The Kier molecular flexibility index (Phi) is 3.68. The summed E-state index contributed by atoms with van der Waals surface area (Å²) in [5.74, 6) is 0.958. The lowest BCUT2D eigenvalue weighted by Crippen LogP contribution is -2.11. The third-order valence-corrected chi connectivity index (χ3v) is 4.88. The number of phenolic OH excluding ortho intramolecular Hbond substituents is 1. The van der Waals surface area contributed by atoms with Gasteiger partial charge < -0.3 is 5.11 Å². The minimum atomic E-state index is 0.0866. The van der Waals surface area contributed by atoms with Crippen LogP contribution in [0.2, 0.25) is 0 Å². The molecule has 0 aliphatic carbocycles. The molecule has 0 aromatic heterocycles. The molecule has 0 bridgehead atoms. The summed E-state index contributed by atoms with van der Waals surface area (Å²) in [6.45, 7) is 0. The van der Waals surface area contributed by atoms with Crippen LogP contribution in [0.4, 0.5) is 0 Å². The molecule has 0 unspecified atom stereocenters. The third-order valence-electron chi connectivity index (χ3n) is 3.12. The maximum absolute atomic E-state index is 12.4. The van der Waals surface area contributed by atoms with Gasteiger partial charge in [-0.25, -0.2) is 0 Å². The van der Waals surface area contributed by atoms with Gasteiger partial charge in [0, 0.05) is 21.8 Å². The van der Waals surface area contributed by atoms with Gasteiger partial charge in [0.05, 0.1) is 4.47 Å². The number of ketones is 1. The maximum Gasteiger partial charge on any atom is 0.191 e. The Morgan fingerprint density at radius 3 is 2.80 bits per heavy atom. The first-order valence-corrected chi connectivity index (χ1v) is 7.88. The standard InChI is InChI=1S/C16H11BrO2S/c17-13-8-10(5-6-14(13)18)7-11-9-20-15-4-2-1-3-12(15)16(11)19/h1-8,18H,9H2/b11-7+. The second-order valence-corrected chi connectivity index (χ2v) is 6.37. The van der Waals surface area contributed by atoms with Crippen LogP contribution in [0.5, 0.6) is 5.75 Å². The molecule has 2 aromatic rings. The van der Waals surface area contributed by atoms with E-state index in [1.165, 1.54) is 0 Å². The Labute approximate surface area is 129 Å². The van der Waals surface area contributed by atoms with Gasteiger partial charge in [-0.1, -0.05) is 18.2 Å². The molecule has 3 rings (SSSR count). The predicted octanol–water partition coefficient (Wildman–Crippen LogP) is 4.53. The summed E-state index contributed by atoms with van der Waals surface area (Å²) in [6, 6.07) is 12.9. The van der Waals surface area contributed by atoms with Crippen LogP contribution in [-0.2, 0) is 0 Å². The third kappa shape index (κ3) is 2.53. The van der Waals surface area contributed by atoms with Gasteiger partial charge in [-0.2, -0.15) is 0 Å². The number of fused-ring (bicyclic) bond motifs is 1. The Hall–Kier alpha value is -1.52. The topological polar surface area (TPSA) is 37.3 Å². The predicted molar refractivity (Wildman–Crippen MR) is 85.3 cm³/mol. The summed E-state index contributed by atoms with van der Waals surface area (Å²) in [6.07, 6.45) is 1.88. The van der Waals surface area contributed by atoms with E-state index in [4.69, 9.17) is 0 Å². The number of carbonyl (C=O) groups is 1. The van der Waals surface area contributed by atoms with Crippen LogP contribution in [0.1, 0.15) is 15.9 Å². The van der Waals surface area contributed by atoms with E-state index in [9.17, 15) is 9.90 Å². The van der Waals surface area contributed by atoms with Crippen molar-refractivity contribution in [2.45, 2.75) is 4.90 Å². The lowest BCUT2D eigenvalue weighted by molar-refractivity contribution is 0.103. The van der Waals surface area contributed by atoms with E-state index in [1.54, 1.807) is 30.0 Å². The van der Waals surface area contributed by atoms with Crippen molar-refractivity contribution in [1.82, 2.24) is 0 Å². The molecule has 2 nitrogen and oxygen atoms in total. The number of Topliss-reactive ketones (excluding diaryl/α,β-unsaturated/α-hetero) is 1. The fourth-order valence-corrected chi connectivity index (χ4v) is 3.51. The molecule has 0 amide bonds. The highest BCUT2D eigenvalue weighted by molar-refractivity contribution is 9.10. The average Bonchev–Trinajstić information content (AvgIpc) is 2.46. The molecule has 4 heteroatoms. The van der Waals surface area contributed by atoms with E-state index in [0.29, 0.717) is 10.2 Å². The zero-order valence-corrected chi connectivity index (χ0v) is 12.9. The van der Waals surface area contributed by atoms with Gasteiger partial charge in [-0.15, -0.1) is 11.8 Å². The number of hydrogen-bond acceptors (Lipinski definition) is 3. The number of thioether (sulfide) groups is 1. The van der Waals surface area contributed by atoms with Crippen molar-refractivity contribution in [2.24, 2.45) is 0 Å². The quantitative estimate of drug-likeness (QED) is 0.771. The molecular formula is C16H11BrO2S. The first-order valence-electron chi connectivity index (χ1n) is 6.11. The van der Waals surface area contributed by atoms with Gasteiger partial charge in [-0.3, -0.25) is 4.79 Å². The van der Waals surface area contributed by atoms with Crippen molar-refractivity contribution in [3.8, 4) is 5.75 Å². The molecule has 2 aromatic carbocycles. The molecule has 1 aliphatic rings. The molecule has 0 saturated heterocycles. The smallest absolute Gasteiger partial charge is 0.191 e. The number of phenols is 1. The number of aromatic hydroxyl groups is 1. The fourth-order valence-electron chi connectivity index (χ4n) is 2.10. The zero-order valence-electron chi connectivity index (χ0n) is 10.5. The van der Waals surface area contributed by atoms with E-state index < -0.39 is 0 Å². The van der Waals surface area contributed by atoms with Crippen LogP contribution in [-0.4, -0.2) is 16.6 Å². The van der Waals surface area contributed by atoms with Crippen LogP contribution < -0.4 is 0 Å². The summed E-state index contributed by atoms with van der Waals surface area (Å²) >= 11 is 4.96. The van der Waals surface area contributed by atoms with Crippen molar-refractivity contribution in [1.29, 1.82) is 0 Å². The molecule has 1 N–H and O–H groups in total. The molecule has 100 valence electrons.